The molecule has 86 valence electrons. The van der Waals surface area contributed by atoms with Crippen LogP contribution in [-0.4, -0.2) is 26.3 Å². The van der Waals surface area contributed by atoms with Gasteiger partial charge in [0.2, 0.25) is 0 Å². The summed E-state index contributed by atoms with van der Waals surface area (Å²) in [7, 11) is 0. The first-order valence-corrected chi connectivity index (χ1v) is 5.26. The normalized spacial score (nSPS) is 11.2. The molecule has 0 saturated carbocycles. The van der Waals surface area contributed by atoms with E-state index in [0.29, 0.717) is 18.5 Å². The van der Waals surface area contributed by atoms with Crippen LogP contribution in [0.25, 0.3) is 6.01 Å². The van der Waals surface area contributed by atoms with Crippen molar-refractivity contribution in [1.82, 2.24) is 25.1 Å². The summed E-state index contributed by atoms with van der Waals surface area (Å²) in [4.78, 5) is 8.11. The molecule has 2 aromatic heterocycles. The Bertz CT molecular complexity index is 420. The average Bonchev–Trinajstić information content (AvgIpc) is 2.85. The van der Waals surface area contributed by atoms with Gasteiger partial charge >= 0.3 is 6.01 Å². The van der Waals surface area contributed by atoms with E-state index in [0.717, 1.165) is 12.2 Å². The summed E-state index contributed by atoms with van der Waals surface area (Å²) in [6.45, 7) is 6.00. The second kappa shape index (κ2) is 4.89. The minimum absolute atomic E-state index is 0.443. The zero-order chi connectivity index (χ0) is 11.4. The molecular weight excluding hydrogens is 206 g/mol. The van der Waals surface area contributed by atoms with Crippen LogP contribution in [-0.2, 0) is 6.54 Å². The molecule has 0 saturated heterocycles. The molecule has 0 bridgehead atoms. The highest BCUT2D eigenvalue weighted by Crippen LogP contribution is 2.05. The number of hydrogen-bond donors (Lipinski definition) is 1. The van der Waals surface area contributed by atoms with E-state index in [1.807, 2.05) is 0 Å². The van der Waals surface area contributed by atoms with Gasteiger partial charge in [-0.3, -0.25) is 0 Å². The van der Waals surface area contributed by atoms with Gasteiger partial charge in [0.1, 0.15) is 18.9 Å². The molecule has 0 aliphatic rings. The lowest BCUT2D eigenvalue weighted by Crippen LogP contribution is -2.19. The van der Waals surface area contributed by atoms with Crippen LogP contribution in [0.2, 0.25) is 0 Å². The van der Waals surface area contributed by atoms with Crippen LogP contribution in [0.5, 0.6) is 0 Å². The summed E-state index contributed by atoms with van der Waals surface area (Å²) >= 11 is 0. The zero-order valence-corrected chi connectivity index (χ0v) is 9.42. The third-order valence-electron chi connectivity index (χ3n) is 2.01. The second-order valence-electron chi connectivity index (χ2n) is 3.99. The fraction of sp³-hybridized carbons (Fsp3) is 0.500. The Morgan fingerprint density at radius 1 is 1.50 bits per heavy atom. The number of nitrogens with one attached hydrogen (secondary N) is 1. The van der Waals surface area contributed by atoms with E-state index in [4.69, 9.17) is 4.42 Å². The first-order valence-electron chi connectivity index (χ1n) is 5.26. The lowest BCUT2D eigenvalue weighted by atomic mass is 10.2. The summed E-state index contributed by atoms with van der Waals surface area (Å²) in [6, 6.07) is 0.443. The summed E-state index contributed by atoms with van der Waals surface area (Å²) in [6.07, 6.45) is 4.63. The van der Waals surface area contributed by atoms with E-state index >= 15 is 0 Å². The van der Waals surface area contributed by atoms with Crippen LogP contribution in [0, 0.1) is 5.92 Å². The lowest BCUT2D eigenvalue weighted by Gasteiger charge is -2.04. The molecule has 0 aromatic carbocycles. The molecule has 2 heterocycles. The number of hydrogen-bond acceptors (Lipinski definition) is 5. The van der Waals surface area contributed by atoms with Crippen molar-refractivity contribution in [3.8, 4) is 6.01 Å². The van der Waals surface area contributed by atoms with Crippen LogP contribution >= 0.6 is 0 Å². The van der Waals surface area contributed by atoms with Crippen LogP contribution in [0.4, 0.5) is 0 Å². The Morgan fingerprint density at radius 2 is 2.38 bits per heavy atom. The summed E-state index contributed by atoms with van der Waals surface area (Å²) < 4.78 is 6.77. The van der Waals surface area contributed by atoms with Crippen molar-refractivity contribution in [1.29, 1.82) is 0 Å². The van der Waals surface area contributed by atoms with Crippen molar-refractivity contribution in [3.05, 3.63) is 24.6 Å². The molecular formula is C10H15N5O. The second-order valence-corrected chi connectivity index (χ2v) is 3.99. The maximum Gasteiger partial charge on any atom is 0.324 e. The van der Waals surface area contributed by atoms with E-state index in [9.17, 15) is 0 Å². The van der Waals surface area contributed by atoms with Crippen molar-refractivity contribution >= 4 is 0 Å². The van der Waals surface area contributed by atoms with Crippen molar-refractivity contribution in [3.63, 3.8) is 0 Å². The number of aromatic nitrogens is 4. The third-order valence-corrected chi connectivity index (χ3v) is 2.01. The van der Waals surface area contributed by atoms with Gasteiger partial charge in [-0.1, -0.05) is 13.8 Å². The Kier molecular flexibility index (Phi) is 3.31. The van der Waals surface area contributed by atoms with Crippen molar-refractivity contribution in [2.45, 2.75) is 20.4 Å². The van der Waals surface area contributed by atoms with E-state index < -0.39 is 0 Å². The summed E-state index contributed by atoms with van der Waals surface area (Å²) in [5.41, 5.74) is 0.867. The topological polar surface area (TPSA) is 68.8 Å². The largest absolute Gasteiger partial charge is 0.430 e. The van der Waals surface area contributed by atoms with Crippen molar-refractivity contribution in [2.75, 3.05) is 6.54 Å². The van der Waals surface area contributed by atoms with Crippen LogP contribution < -0.4 is 5.32 Å². The van der Waals surface area contributed by atoms with Gasteiger partial charge in [0, 0.05) is 6.54 Å². The molecule has 1 N–H and O–H groups in total. The Balaban J connectivity index is 1.93. The first-order chi connectivity index (χ1) is 7.75. The number of nitrogens with zero attached hydrogens (tertiary/aromatic N) is 4. The molecule has 2 aromatic rings. The molecule has 6 nitrogen and oxygen atoms in total. The predicted molar refractivity (Wildman–Crippen MR) is 58.0 cm³/mol. The average molecular weight is 221 g/mol. The molecule has 0 aliphatic heterocycles. The zero-order valence-electron chi connectivity index (χ0n) is 9.42. The highest BCUT2D eigenvalue weighted by molar-refractivity contribution is 5.06. The van der Waals surface area contributed by atoms with Gasteiger partial charge < -0.3 is 9.73 Å². The van der Waals surface area contributed by atoms with Gasteiger partial charge in [0.05, 0.1) is 5.69 Å². The van der Waals surface area contributed by atoms with Crippen molar-refractivity contribution in [2.24, 2.45) is 5.92 Å². The van der Waals surface area contributed by atoms with Gasteiger partial charge in [-0.05, 0) is 12.5 Å². The highest BCUT2D eigenvalue weighted by atomic mass is 16.4. The molecule has 0 fully saturated rings. The van der Waals surface area contributed by atoms with Gasteiger partial charge in [-0.15, -0.1) is 0 Å². The Labute approximate surface area is 93.7 Å². The molecule has 6 heteroatoms. The van der Waals surface area contributed by atoms with Crippen LogP contribution in [0.1, 0.15) is 19.5 Å². The van der Waals surface area contributed by atoms with Gasteiger partial charge in [0.25, 0.3) is 0 Å². The van der Waals surface area contributed by atoms with Crippen LogP contribution in [0.3, 0.4) is 0 Å². The molecule has 0 atom stereocenters. The molecule has 0 radical (unpaired) electrons. The van der Waals surface area contributed by atoms with Gasteiger partial charge in [-0.2, -0.15) is 14.8 Å². The predicted octanol–water partition coefficient (Wildman–Crippen LogP) is 1.00. The third kappa shape index (κ3) is 2.66. The van der Waals surface area contributed by atoms with E-state index in [-0.39, 0.29) is 0 Å². The van der Waals surface area contributed by atoms with Crippen molar-refractivity contribution < 1.29 is 4.42 Å². The standard InChI is InChI=1S/C10H15N5O/c1-8(2)3-11-4-9-5-16-10(14-9)15-7-12-6-13-15/h5-8,11H,3-4H2,1-2H3. The highest BCUT2D eigenvalue weighted by Gasteiger charge is 2.06. The summed E-state index contributed by atoms with van der Waals surface area (Å²) in [5.74, 6) is 0.627. The fourth-order valence-corrected chi connectivity index (χ4v) is 1.28. The SMILES string of the molecule is CC(C)CNCc1coc(-n2cncn2)n1. The smallest absolute Gasteiger partial charge is 0.324 e. The minimum Gasteiger partial charge on any atom is -0.430 e. The number of oxazole rings is 1. The Morgan fingerprint density at radius 3 is 3.06 bits per heavy atom. The van der Waals surface area contributed by atoms with E-state index in [1.54, 1.807) is 12.6 Å². The van der Waals surface area contributed by atoms with E-state index in [1.165, 1.54) is 11.0 Å². The maximum absolute atomic E-state index is 5.28. The molecule has 16 heavy (non-hydrogen) atoms. The van der Waals surface area contributed by atoms with Gasteiger partial charge in [-0.25, -0.2) is 4.98 Å². The maximum atomic E-state index is 5.28. The molecule has 0 amide bonds. The molecule has 0 spiro atoms. The van der Waals surface area contributed by atoms with Gasteiger partial charge in [0.15, 0.2) is 0 Å². The first kappa shape index (κ1) is 10.8. The van der Waals surface area contributed by atoms with E-state index in [2.05, 4.69) is 34.2 Å². The monoisotopic (exact) mass is 221 g/mol. The lowest BCUT2D eigenvalue weighted by molar-refractivity contribution is 0.507. The quantitative estimate of drug-likeness (QED) is 0.815. The fourth-order valence-electron chi connectivity index (χ4n) is 1.28. The molecule has 2 rings (SSSR count). The molecule has 0 unspecified atom stereocenters. The van der Waals surface area contributed by atoms with Crippen LogP contribution in [0.15, 0.2) is 23.3 Å². The minimum atomic E-state index is 0.443. The Hall–Kier alpha value is -1.69. The molecule has 0 aliphatic carbocycles. The number of rotatable bonds is 5. The summed E-state index contributed by atoms with van der Waals surface area (Å²) in [5, 5.41) is 7.23.